The Kier molecular flexibility index (Phi) is 6.27. The normalized spacial score (nSPS) is 11.0. The smallest absolute Gasteiger partial charge is 0.266 e. The molecule has 0 aliphatic carbocycles. The number of Topliss-reactive ketones (excluding diaryl/α,β-unsaturated/α-hetero) is 1. The van der Waals surface area contributed by atoms with Crippen molar-refractivity contribution in [3.8, 4) is 0 Å². The molecule has 1 amide bonds. The van der Waals surface area contributed by atoms with E-state index < -0.39 is 22.5 Å². The third kappa shape index (κ3) is 4.90. The number of rotatable bonds is 7. The Balaban J connectivity index is 1.91. The minimum Gasteiger partial charge on any atom is -0.324 e. The van der Waals surface area contributed by atoms with Crippen molar-refractivity contribution in [2.75, 3.05) is 16.2 Å². The summed E-state index contributed by atoms with van der Waals surface area (Å²) in [5.41, 5.74) is 2.18. The van der Waals surface area contributed by atoms with Crippen LogP contribution in [0.2, 0.25) is 0 Å². The highest BCUT2D eigenvalue weighted by Gasteiger charge is 2.27. The number of hydrogen-bond donors (Lipinski definition) is 1. The zero-order chi connectivity index (χ0) is 21.7. The van der Waals surface area contributed by atoms with E-state index in [1.165, 1.54) is 31.5 Å². The molecule has 0 aliphatic rings. The van der Waals surface area contributed by atoms with Gasteiger partial charge in [-0.2, -0.15) is 0 Å². The first-order valence-corrected chi connectivity index (χ1v) is 10.6. The van der Waals surface area contributed by atoms with Gasteiger partial charge in [0.15, 0.2) is 5.78 Å². The van der Waals surface area contributed by atoms with Crippen LogP contribution in [0, 0.1) is 6.92 Å². The highest BCUT2D eigenvalue weighted by molar-refractivity contribution is 7.92. The average Bonchev–Trinajstić information content (AvgIpc) is 2.73. The molecule has 0 spiro atoms. The number of hydrogen-bond acceptors (Lipinski definition) is 5. The molecule has 1 heterocycles. The van der Waals surface area contributed by atoms with Crippen LogP contribution in [0.4, 0.5) is 11.4 Å². The van der Waals surface area contributed by atoms with Gasteiger partial charge in [0.05, 0.1) is 5.69 Å². The van der Waals surface area contributed by atoms with Crippen molar-refractivity contribution in [2.45, 2.75) is 18.7 Å². The van der Waals surface area contributed by atoms with Gasteiger partial charge in [-0.05, 0) is 50.2 Å². The van der Waals surface area contributed by atoms with Gasteiger partial charge in [-0.1, -0.05) is 29.8 Å². The first-order chi connectivity index (χ1) is 14.3. The quantitative estimate of drug-likeness (QED) is 0.588. The molecule has 3 rings (SSSR count). The average molecular weight is 423 g/mol. The van der Waals surface area contributed by atoms with Crippen molar-refractivity contribution in [3.05, 3.63) is 84.2 Å². The molecule has 0 atom stereocenters. The standard InChI is InChI=1S/C22H21N3O4S/c1-16-8-10-20(11-9-16)25(30(28,29)21-7-4-12-23-14-21)15-22(27)24-19-6-3-5-18(13-19)17(2)26/h3-14H,15H2,1-2H3,(H,24,27). The van der Waals surface area contributed by atoms with E-state index in [0.29, 0.717) is 16.9 Å². The minimum absolute atomic E-state index is 0.0167. The van der Waals surface area contributed by atoms with Crippen molar-refractivity contribution >= 4 is 33.1 Å². The molecule has 0 fully saturated rings. The van der Waals surface area contributed by atoms with Gasteiger partial charge in [0.25, 0.3) is 10.0 Å². The van der Waals surface area contributed by atoms with E-state index in [9.17, 15) is 18.0 Å². The summed E-state index contributed by atoms with van der Waals surface area (Å²) in [7, 11) is -4.02. The molecule has 0 unspecified atom stereocenters. The summed E-state index contributed by atoms with van der Waals surface area (Å²) in [5.74, 6) is -0.671. The number of benzene rings is 2. The fourth-order valence-corrected chi connectivity index (χ4v) is 4.19. The molecule has 2 aromatic carbocycles. The maximum atomic E-state index is 13.2. The Bertz CT molecular complexity index is 1160. The van der Waals surface area contributed by atoms with Gasteiger partial charge in [-0.15, -0.1) is 0 Å². The van der Waals surface area contributed by atoms with Crippen molar-refractivity contribution in [3.63, 3.8) is 0 Å². The topological polar surface area (TPSA) is 96.4 Å². The van der Waals surface area contributed by atoms with Gasteiger partial charge in [0, 0.05) is 23.6 Å². The van der Waals surface area contributed by atoms with E-state index in [-0.39, 0.29) is 10.7 Å². The number of pyridine rings is 1. The zero-order valence-corrected chi connectivity index (χ0v) is 17.4. The van der Waals surface area contributed by atoms with Crippen LogP contribution >= 0.6 is 0 Å². The molecule has 8 heteroatoms. The predicted molar refractivity (Wildman–Crippen MR) is 115 cm³/mol. The van der Waals surface area contributed by atoms with E-state index in [1.807, 2.05) is 6.92 Å². The van der Waals surface area contributed by atoms with E-state index in [1.54, 1.807) is 48.5 Å². The fourth-order valence-electron chi connectivity index (χ4n) is 2.80. The lowest BCUT2D eigenvalue weighted by atomic mass is 10.1. The van der Waals surface area contributed by atoms with Crippen molar-refractivity contribution < 1.29 is 18.0 Å². The molecule has 3 aromatic rings. The third-order valence-electron chi connectivity index (χ3n) is 4.38. The Labute approximate surface area is 175 Å². The molecule has 0 radical (unpaired) electrons. The minimum atomic E-state index is -4.02. The zero-order valence-electron chi connectivity index (χ0n) is 16.6. The highest BCUT2D eigenvalue weighted by atomic mass is 32.2. The van der Waals surface area contributed by atoms with Gasteiger partial charge in [-0.25, -0.2) is 8.42 Å². The Hall–Kier alpha value is -3.52. The largest absolute Gasteiger partial charge is 0.324 e. The van der Waals surface area contributed by atoms with Crippen LogP contribution < -0.4 is 9.62 Å². The van der Waals surface area contributed by atoms with Gasteiger partial charge in [0.1, 0.15) is 11.4 Å². The maximum absolute atomic E-state index is 13.2. The van der Waals surface area contributed by atoms with Crippen LogP contribution in [0.1, 0.15) is 22.8 Å². The van der Waals surface area contributed by atoms with Crippen LogP contribution in [0.25, 0.3) is 0 Å². The van der Waals surface area contributed by atoms with Crippen LogP contribution in [0.5, 0.6) is 0 Å². The number of sulfonamides is 1. The first kappa shape index (κ1) is 21.2. The van der Waals surface area contributed by atoms with Gasteiger partial charge < -0.3 is 5.32 Å². The van der Waals surface area contributed by atoms with E-state index in [2.05, 4.69) is 10.3 Å². The van der Waals surface area contributed by atoms with Crippen LogP contribution in [-0.4, -0.2) is 31.6 Å². The Morgan fingerprint density at radius 1 is 1.03 bits per heavy atom. The highest BCUT2D eigenvalue weighted by Crippen LogP contribution is 2.24. The van der Waals surface area contributed by atoms with Crippen LogP contribution in [-0.2, 0) is 14.8 Å². The van der Waals surface area contributed by atoms with E-state index in [0.717, 1.165) is 9.87 Å². The predicted octanol–water partition coefficient (Wildman–Crippen LogP) is 3.43. The SMILES string of the molecule is CC(=O)c1cccc(NC(=O)CN(c2ccc(C)cc2)S(=O)(=O)c2cccnc2)c1. The summed E-state index contributed by atoms with van der Waals surface area (Å²) in [4.78, 5) is 28.1. The molecule has 154 valence electrons. The summed E-state index contributed by atoms with van der Waals surface area (Å²) >= 11 is 0. The number of aromatic nitrogens is 1. The monoisotopic (exact) mass is 423 g/mol. The number of nitrogens with one attached hydrogen (secondary N) is 1. The van der Waals surface area contributed by atoms with Gasteiger partial charge >= 0.3 is 0 Å². The molecule has 30 heavy (non-hydrogen) atoms. The third-order valence-corrected chi connectivity index (χ3v) is 6.14. The van der Waals surface area contributed by atoms with Crippen molar-refractivity contribution in [1.29, 1.82) is 0 Å². The Morgan fingerprint density at radius 2 is 1.77 bits per heavy atom. The number of amides is 1. The second-order valence-corrected chi connectivity index (χ2v) is 8.58. The lowest BCUT2D eigenvalue weighted by molar-refractivity contribution is -0.114. The number of aryl methyl sites for hydroxylation is 1. The molecule has 0 bridgehead atoms. The lowest BCUT2D eigenvalue weighted by Crippen LogP contribution is -2.38. The summed E-state index contributed by atoms with van der Waals surface area (Å²) in [6, 6.07) is 16.3. The second-order valence-electron chi connectivity index (χ2n) is 6.72. The fraction of sp³-hybridized carbons (Fsp3) is 0.136. The number of carbonyl (C=O) groups excluding carboxylic acids is 2. The van der Waals surface area contributed by atoms with Gasteiger partial charge in [-0.3, -0.25) is 18.9 Å². The van der Waals surface area contributed by atoms with E-state index >= 15 is 0 Å². The molecular weight excluding hydrogens is 402 g/mol. The first-order valence-electron chi connectivity index (χ1n) is 9.17. The lowest BCUT2D eigenvalue weighted by Gasteiger charge is -2.24. The molecule has 0 aliphatic heterocycles. The number of carbonyl (C=O) groups is 2. The summed E-state index contributed by atoms with van der Waals surface area (Å²) < 4.78 is 27.5. The molecule has 0 saturated heterocycles. The van der Waals surface area contributed by atoms with Crippen molar-refractivity contribution in [1.82, 2.24) is 4.98 Å². The number of anilines is 2. The Morgan fingerprint density at radius 3 is 2.40 bits per heavy atom. The maximum Gasteiger partial charge on any atom is 0.266 e. The van der Waals surface area contributed by atoms with Crippen molar-refractivity contribution in [2.24, 2.45) is 0 Å². The molecule has 0 saturated carbocycles. The van der Waals surface area contributed by atoms with E-state index in [4.69, 9.17) is 0 Å². The molecule has 1 aromatic heterocycles. The summed E-state index contributed by atoms with van der Waals surface area (Å²) in [6.45, 7) is 2.88. The molecule has 7 nitrogen and oxygen atoms in total. The van der Waals surface area contributed by atoms with Crippen LogP contribution in [0.3, 0.4) is 0 Å². The van der Waals surface area contributed by atoms with Gasteiger partial charge in [0.2, 0.25) is 5.91 Å². The molecular formula is C22H21N3O4S. The second kappa shape index (κ2) is 8.87. The van der Waals surface area contributed by atoms with Crippen LogP contribution in [0.15, 0.2) is 78.0 Å². The molecule has 1 N–H and O–H groups in total. The number of nitrogens with zero attached hydrogens (tertiary/aromatic N) is 2. The summed E-state index contributed by atoms with van der Waals surface area (Å²) in [5, 5.41) is 2.66. The summed E-state index contributed by atoms with van der Waals surface area (Å²) in [6.07, 6.45) is 2.72. The number of ketones is 1.